The van der Waals surface area contributed by atoms with Gasteiger partial charge in [-0.25, -0.2) is 4.68 Å². The van der Waals surface area contributed by atoms with Crippen molar-refractivity contribution in [3.8, 4) is 11.3 Å². The first-order chi connectivity index (χ1) is 13.1. The molecule has 27 heavy (non-hydrogen) atoms. The molecule has 0 saturated carbocycles. The molecule has 4 atom stereocenters. The standard InChI is InChI=1S/C19H19N3O5/c23-8-15-17(24)18(25)19(27-15)10-26-9-14-16(20-21-22(14)19)13-6-5-11-3-1-2-4-12(11)7-13/h1-7,15,17-18,23-25H,8-10H2/t15-,17-,18-,19-/m1/s1. The highest BCUT2D eigenvalue weighted by atomic mass is 16.6. The van der Waals surface area contributed by atoms with Gasteiger partial charge in [0.05, 0.1) is 25.5 Å². The molecule has 0 radical (unpaired) electrons. The fourth-order valence-electron chi connectivity index (χ4n) is 3.96. The normalized spacial score (nSPS) is 30.1. The van der Waals surface area contributed by atoms with E-state index in [-0.39, 0.29) is 13.2 Å². The summed E-state index contributed by atoms with van der Waals surface area (Å²) in [5.74, 6) is 0. The zero-order chi connectivity index (χ0) is 18.6. The molecule has 1 spiro atoms. The molecular weight excluding hydrogens is 350 g/mol. The van der Waals surface area contributed by atoms with Crippen LogP contribution in [0.25, 0.3) is 22.0 Å². The van der Waals surface area contributed by atoms with Crippen LogP contribution in [-0.2, 0) is 21.8 Å². The first kappa shape index (κ1) is 16.8. The van der Waals surface area contributed by atoms with E-state index in [4.69, 9.17) is 9.47 Å². The van der Waals surface area contributed by atoms with E-state index in [1.807, 2.05) is 42.5 Å². The second kappa shape index (κ2) is 6.08. The molecule has 2 aromatic carbocycles. The fourth-order valence-corrected chi connectivity index (χ4v) is 3.96. The van der Waals surface area contributed by atoms with Gasteiger partial charge in [0, 0.05) is 5.56 Å². The van der Waals surface area contributed by atoms with E-state index in [1.54, 1.807) is 0 Å². The molecular formula is C19H19N3O5. The summed E-state index contributed by atoms with van der Waals surface area (Å²) >= 11 is 0. The summed E-state index contributed by atoms with van der Waals surface area (Å²) in [7, 11) is 0. The van der Waals surface area contributed by atoms with Crippen LogP contribution in [0.1, 0.15) is 5.69 Å². The first-order valence-corrected chi connectivity index (χ1v) is 8.81. The number of aromatic nitrogens is 3. The van der Waals surface area contributed by atoms with Crippen molar-refractivity contribution in [3.63, 3.8) is 0 Å². The maximum Gasteiger partial charge on any atom is 0.215 e. The lowest BCUT2D eigenvalue weighted by Gasteiger charge is -2.36. The summed E-state index contributed by atoms with van der Waals surface area (Å²) in [5, 5.41) is 40.9. The van der Waals surface area contributed by atoms with Gasteiger partial charge in [-0.1, -0.05) is 41.6 Å². The fraction of sp³-hybridized carbons (Fsp3) is 0.368. The van der Waals surface area contributed by atoms with Crippen LogP contribution < -0.4 is 0 Å². The Kier molecular flexibility index (Phi) is 3.78. The van der Waals surface area contributed by atoms with Crippen molar-refractivity contribution in [1.29, 1.82) is 0 Å². The summed E-state index contributed by atoms with van der Waals surface area (Å²) in [6, 6.07) is 14.0. The summed E-state index contributed by atoms with van der Waals surface area (Å²) in [6.45, 7) is -0.149. The van der Waals surface area contributed by atoms with Crippen molar-refractivity contribution in [2.45, 2.75) is 30.6 Å². The van der Waals surface area contributed by atoms with Crippen molar-refractivity contribution in [1.82, 2.24) is 15.0 Å². The lowest BCUT2D eigenvalue weighted by atomic mass is 10.0. The first-order valence-electron chi connectivity index (χ1n) is 8.81. The van der Waals surface area contributed by atoms with Gasteiger partial charge < -0.3 is 24.8 Å². The highest BCUT2D eigenvalue weighted by Gasteiger charge is 2.58. The number of hydrogen-bond donors (Lipinski definition) is 3. The minimum atomic E-state index is -1.40. The van der Waals surface area contributed by atoms with E-state index >= 15 is 0 Å². The van der Waals surface area contributed by atoms with Gasteiger partial charge in [0.15, 0.2) is 0 Å². The third kappa shape index (κ3) is 2.35. The SMILES string of the molecule is OC[C@H]1O[C@]2(COCc3c(-c4ccc5ccccc5c4)nnn32)[C@H](O)[C@@H]1O. The average molecular weight is 369 g/mol. The summed E-state index contributed by atoms with van der Waals surface area (Å²) in [4.78, 5) is 0. The summed E-state index contributed by atoms with van der Waals surface area (Å²) < 4.78 is 13.0. The molecule has 0 amide bonds. The molecule has 0 unspecified atom stereocenters. The zero-order valence-corrected chi connectivity index (χ0v) is 14.4. The number of benzene rings is 2. The highest BCUT2D eigenvalue weighted by molar-refractivity contribution is 5.87. The Labute approximate surface area is 154 Å². The van der Waals surface area contributed by atoms with Crippen molar-refractivity contribution in [2.24, 2.45) is 0 Å². The van der Waals surface area contributed by atoms with E-state index in [1.165, 1.54) is 4.68 Å². The third-order valence-corrected chi connectivity index (χ3v) is 5.39. The van der Waals surface area contributed by atoms with Crippen LogP contribution >= 0.6 is 0 Å². The van der Waals surface area contributed by atoms with E-state index < -0.39 is 30.6 Å². The van der Waals surface area contributed by atoms with Crippen LogP contribution in [0.2, 0.25) is 0 Å². The molecule has 8 nitrogen and oxygen atoms in total. The molecule has 0 aliphatic carbocycles. The van der Waals surface area contributed by atoms with Crippen LogP contribution in [0, 0.1) is 0 Å². The number of fused-ring (bicyclic) bond motifs is 3. The van der Waals surface area contributed by atoms with Gasteiger partial charge in [-0.3, -0.25) is 0 Å². The number of rotatable bonds is 2. The second-order valence-electron chi connectivity index (χ2n) is 6.97. The number of ether oxygens (including phenoxy) is 2. The molecule has 140 valence electrons. The third-order valence-electron chi connectivity index (χ3n) is 5.39. The number of nitrogens with zero attached hydrogens (tertiary/aromatic N) is 3. The van der Waals surface area contributed by atoms with Crippen LogP contribution in [0.3, 0.4) is 0 Å². The smallest absolute Gasteiger partial charge is 0.215 e. The predicted octanol–water partition coefficient (Wildman–Crippen LogP) is 0.394. The van der Waals surface area contributed by atoms with E-state index in [9.17, 15) is 15.3 Å². The molecule has 1 fully saturated rings. The Balaban J connectivity index is 1.61. The van der Waals surface area contributed by atoms with Crippen molar-refractivity contribution >= 4 is 10.8 Å². The van der Waals surface area contributed by atoms with Crippen molar-refractivity contribution < 1.29 is 24.8 Å². The highest BCUT2D eigenvalue weighted by Crippen LogP contribution is 2.40. The van der Waals surface area contributed by atoms with Gasteiger partial charge >= 0.3 is 0 Å². The van der Waals surface area contributed by atoms with Gasteiger partial charge in [0.1, 0.15) is 24.0 Å². The van der Waals surface area contributed by atoms with Gasteiger partial charge in [-0.2, -0.15) is 0 Å². The quantitative estimate of drug-likeness (QED) is 0.600. The molecule has 3 N–H and O–H groups in total. The molecule has 1 aromatic heterocycles. The maximum absolute atomic E-state index is 10.6. The molecule has 2 aliphatic rings. The summed E-state index contributed by atoms with van der Waals surface area (Å²) in [6.07, 6.45) is -3.44. The lowest BCUT2D eigenvalue weighted by molar-refractivity contribution is -0.208. The van der Waals surface area contributed by atoms with Crippen molar-refractivity contribution in [2.75, 3.05) is 13.2 Å². The number of aliphatic hydroxyl groups is 3. The van der Waals surface area contributed by atoms with Gasteiger partial charge in [-0.05, 0) is 16.8 Å². The van der Waals surface area contributed by atoms with Crippen LogP contribution in [-0.4, -0.2) is 61.8 Å². The van der Waals surface area contributed by atoms with Crippen molar-refractivity contribution in [3.05, 3.63) is 48.2 Å². The Bertz CT molecular complexity index is 1010. The van der Waals surface area contributed by atoms with E-state index in [0.29, 0.717) is 11.4 Å². The Hall–Kier alpha value is -2.36. The molecule has 0 bridgehead atoms. The van der Waals surface area contributed by atoms with Crippen LogP contribution in [0.5, 0.6) is 0 Å². The largest absolute Gasteiger partial charge is 0.394 e. The maximum atomic E-state index is 10.6. The monoisotopic (exact) mass is 369 g/mol. The van der Waals surface area contributed by atoms with E-state index in [2.05, 4.69) is 10.3 Å². The second-order valence-corrected chi connectivity index (χ2v) is 6.97. The molecule has 3 heterocycles. The molecule has 5 rings (SSSR count). The summed E-state index contributed by atoms with van der Waals surface area (Å²) in [5.41, 5.74) is 0.768. The molecule has 2 aliphatic heterocycles. The minimum absolute atomic E-state index is 0.00917. The molecule has 3 aromatic rings. The van der Waals surface area contributed by atoms with Crippen LogP contribution in [0.4, 0.5) is 0 Å². The number of hydrogen-bond acceptors (Lipinski definition) is 7. The van der Waals surface area contributed by atoms with Gasteiger partial charge in [0.25, 0.3) is 0 Å². The van der Waals surface area contributed by atoms with Crippen LogP contribution in [0.15, 0.2) is 42.5 Å². The molecule has 8 heteroatoms. The molecule has 1 saturated heterocycles. The predicted molar refractivity (Wildman–Crippen MR) is 94.6 cm³/mol. The Morgan fingerprint density at radius 1 is 1.15 bits per heavy atom. The Morgan fingerprint density at radius 2 is 1.96 bits per heavy atom. The minimum Gasteiger partial charge on any atom is -0.394 e. The lowest BCUT2D eigenvalue weighted by Crippen LogP contribution is -2.52. The van der Waals surface area contributed by atoms with Gasteiger partial charge in [0.2, 0.25) is 5.72 Å². The van der Waals surface area contributed by atoms with E-state index in [0.717, 1.165) is 16.3 Å². The Morgan fingerprint density at radius 3 is 2.74 bits per heavy atom. The average Bonchev–Trinajstić information content (AvgIpc) is 3.24. The topological polar surface area (TPSA) is 110 Å². The zero-order valence-electron chi connectivity index (χ0n) is 14.4. The van der Waals surface area contributed by atoms with Gasteiger partial charge in [-0.15, -0.1) is 5.10 Å². The number of aliphatic hydroxyl groups excluding tert-OH is 3.